The summed E-state index contributed by atoms with van der Waals surface area (Å²) in [7, 11) is 0. The van der Waals surface area contributed by atoms with Crippen LogP contribution in [0, 0.1) is 0 Å². The summed E-state index contributed by atoms with van der Waals surface area (Å²) in [4.78, 5) is 0. The molecule has 0 saturated heterocycles. The maximum Gasteiger partial charge on any atom is 0.0956 e. The first-order valence-corrected chi connectivity index (χ1v) is 3.71. The van der Waals surface area contributed by atoms with Crippen molar-refractivity contribution in [2.75, 3.05) is 6.61 Å². The summed E-state index contributed by atoms with van der Waals surface area (Å²) in [5, 5.41) is 18.0. The third-order valence-corrected chi connectivity index (χ3v) is 1.73. The summed E-state index contributed by atoms with van der Waals surface area (Å²) in [6, 6.07) is 0. The molecule has 0 aromatic heterocycles. The van der Waals surface area contributed by atoms with E-state index in [1.807, 2.05) is 19.9 Å². The van der Waals surface area contributed by atoms with E-state index in [0.29, 0.717) is 0 Å². The van der Waals surface area contributed by atoms with E-state index in [9.17, 15) is 5.11 Å². The third kappa shape index (κ3) is 3.35. The topological polar surface area (TPSA) is 40.5 Å². The van der Waals surface area contributed by atoms with Crippen molar-refractivity contribution >= 4 is 0 Å². The first-order chi connectivity index (χ1) is 5.13. The Morgan fingerprint density at radius 2 is 1.91 bits per heavy atom. The normalized spacial score (nSPS) is 16.8. The quantitative estimate of drug-likeness (QED) is 0.604. The third-order valence-electron chi connectivity index (χ3n) is 1.73. The molecule has 2 N–H and O–H groups in total. The lowest BCUT2D eigenvalue weighted by Crippen LogP contribution is -2.09. The van der Waals surface area contributed by atoms with Gasteiger partial charge < -0.3 is 10.2 Å². The summed E-state index contributed by atoms with van der Waals surface area (Å²) >= 11 is 0. The molecule has 0 aromatic carbocycles. The molecule has 0 amide bonds. The Balaban J connectivity index is 4.24. The van der Waals surface area contributed by atoms with E-state index >= 15 is 0 Å². The summed E-state index contributed by atoms with van der Waals surface area (Å²) in [5.41, 5.74) is 1.70. The van der Waals surface area contributed by atoms with Gasteiger partial charge in [0.2, 0.25) is 0 Å². The highest BCUT2D eigenvalue weighted by Crippen LogP contribution is 2.10. The van der Waals surface area contributed by atoms with Crippen LogP contribution in [-0.2, 0) is 0 Å². The average Bonchev–Trinajstić information content (AvgIpc) is 2.02. The van der Waals surface area contributed by atoms with E-state index in [2.05, 4.69) is 0 Å². The number of hydrogen-bond donors (Lipinski definition) is 2. The van der Waals surface area contributed by atoms with Crippen LogP contribution in [0.2, 0.25) is 0 Å². The molecule has 0 aliphatic heterocycles. The van der Waals surface area contributed by atoms with Crippen LogP contribution in [0.25, 0.3) is 0 Å². The monoisotopic (exact) mass is 156 g/mol. The lowest BCUT2D eigenvalue weighted by atomic mass is 10.0. The van der Waals surface area contributed by atoms with Crippen molar-refractivity contribution in [2.45, 2.75) is 26.9 Å². The van der Waals surface area contributed by atoms with E-state index in [4.69, 9.17) is 5.11 Å². The van der Waals surface area contributed by atoms with Crippen molar-refractivity contribution in [1.82, 2.24) is 0 Å². The van der Waals surface area contributed by atoms with Crippen LogP contribution in [0.1, 0.15) is 20.8 Å². The smallest absolute Gasteiger partial charge is 0.0956 e. The van der Waals surface area contributed by atoms with E-state index < -0.39 is 6.10 Å². The highest BCUT2D eigenvalue weighted by Gasteiger charge is 2.06. The number of rotatable bonds is 3. The van der Waals surface area contributed by atoms with E-state index in [0.717, 1.165) is 11.1 Å². The number of aliphatic hydroxyl groups is 2. The zero-order valence-corrected chi connectivity index (χ0v) is 7.33. The molecule has 1 atom stereocenters. The van der Waals surface area contributed by atoms with Gasteiger partial charge in [0.1, 0.15) is 0 Å². The molecule has 0 aromatic rings. The minimum Gasteiger partial charge on any atom is -0.392 e. The summed E-state index contributed by atoms with van der Waals surface area (Å²) in [6.45, 7) is 5.53. The number of allylic oxidation sites excluding steroid dienone is 1. The van der Waals surface area contributed by atoms with Crippen LogP contribution < -0.4 is 0 Å². The van der Waals surface area contributed by atoms with Gasteiger partial charge >= 0.3 is 0 Å². The molecule has 0 aliphatic rings. The Bertz CT molecular complexity index is 168. The van der Waals surface area contributed by atoms with Crippen molar-refractivity contribution in [3.8, 4) is 0 Å². The SMILES string of the molecule is C/C=C(\C)[C@H](O)/C(C)=C/CO. The second kappa shape index (κ2) is 5.10. The van der Waals surface area contributed by atoms with Crippen LogP contribution in [0.5, 0.6) is 0 Å². The molecule has 0 saturated carbocycles. The highest BCUT2D eigenvalue weighted by atomic mass is 16.3. The Morgan fingerprint density at radius 1 is 1.36 bits per heavy atom. The fourth-order valence-corrected chi connectivity index (χ4v) is 0.773. The predicted octanol–water partition coefficient (Wildman–Crippen LogP) is 1.25. The maximum absolute atomic E-state index is 9.47. The van der Waals surface area contributed by atoms with Gasteiger partial charge in [-0.2, -0.15) is 0 Å². The minimum atomic E-state index is -0.535. The highest BCUT2D eigenvalue weighted by molar-refractivity contribution is 5.19. The van der Waals surface area contributed by atoms with E-state index in [-0.39, 0.29) is 6.61 Å². The molecule has 2 nitrogen and oxygen atoms in total. The van der Waals surface area contributed by atoms with Crippen molar-refractivity contribution in [2.24, 2.45) is 0 Å². The summed E-state index contributed by atoms with van der Waals surface area (Å²) in [6.07, 6.45) is 2.93. The standard InChI is InChI=1S/C9H16O2/c1-4-7(2)9(11)8(3)5-6-10/h4-5,9-11H,6H2,1-3H3/b7-4+,8-5+/t9-/m0/s1. The van der Waals surface area contributed by atoms with Gasteiger partial charge in [0.25, 0.3) is 0 Å². The predicted molar refractivity (Wildman–Crippen MR) is 46.3 cm³/mol. The molecule has 2 heteroatoms. The molecule has 0 unspecified atom stereocenters. The summed E-state index contributed by atoms with van der Waals surface area (Å²) < 4.78 is 0. The van der Waals surface area contributed by atoms with Gasteiger partial charge in [-0.15, -0.1) is 0 Å². The molecule has 0 fully saturated rings. The van der Waals surface area contributed by atoms with Gasteiger partial charge in [0.05, 0.1) is 12.7 Å². The Hall–Kier alpha value is -0.600. The van der Waals surface area contributed by atoms with E-state index in [1.54, 1.807) is 13.0 Å². The molecule has 0 radical (unpaired) electrons. The zero-order chi connectivity index (χ0) is 8.85. The second-order valence-corrected chi connectivity index (χ2v) is 2.57. The summed E-state index contributed by atoms with van der Waals surface area (Å²) in [5.74, 6) is 0. The first kappa shape index (κ1) is 10.4. The molecule has 64 valence electrons. The lowest BCUT2D eigenvalue weighted by molar-refractivity contribution is 0.244. The van der Waals surface area contributed by atoms with Crippen molar-refractivity contribution in [3.05, 3.63) is 23.3 Å². The molecular weight excluding hydrogens is 140 g/mol. The molecule has 0 bridgehead atoms. The second-order valence-electron chi connectivity index (χ2n) is 2.57. The van der Waals surface area contributed by atoms with Crippen molar-refractivity contribution < 1.29 is 10.2 Å². The first-order valence-electron chi connectivity index (χ1n) is 3.71. The average molecular weight is 156 g/mol. The van der Waals surface area contributed by atoms with Crippen LogP contribution >= 0.6 is 0 Å². The van der Waals surface area contributed by atoms with Gasteiger partial charge in [-0.1, -0.05) is 12.2 Å². The molecule has 0 rings (SSSR count). The van der Waals surface area contributed by atoms with Gasteiger partial charge in [-0.3, -0.25) is 0 Å². The van der Waals surface area contributed by atoms with Crippen molar-refractivity contribution in [3.63, 3.8) is 0 Å². The van der Waals surface area contributed by atoms with Gasteiger partial charge in [-0.25, -0.2) is 0 Å². The molecular formula is C9H16O2. The Kier molecular flexibility index (Phi) is 4.83. The number of aliphatic hydroxyl groups excluding tert-OH is 2. The van der Waals surface area contributed by atoms with Crippen LogP contribution in [0.15, 0.2) is 23.3 Å². The molecule has 0 heterocycles. The van der Waals surface area contributed by atoms with Crippen molar-refractivity contribution in [1.29, 1.82) is 0 Å². The fourth-order valence-electron chi connectivity index (χ4n) is 0.773. The van der Waals surface area contributed by atoms with Gasteiger partial charge in [-0.05, 0) is 31.9 Å². The lowest BCUT2D eigenvalue weighted by Gasteiger charge is -2.10. The van der Waals surface area contributed by atoms with Crippen LogP contribution in [-0.4, -0.2) is 22.9 Å². The molecule has 0 aliphatic carbocycles. The Labute approximate surface area is 67.9 Å². The minimum absolute atomic E-state index is 0.0140. The van der Waals surface area contributed by atoms with Crippen LogP contribution in [0.4, 0.5) is 0 Å². The van der Waals surface area contributed by atoms with Gasteiger partial charge in [0, 0.05) is 0 Å². The fraction of sp³-hybridized carbons (Fsp3) is 0.556. The zero-order valence-electron chi connectivity index (χ0n) is 7.33. The van der Waals surface area contributed by atoms with Crippen LogP contribution in [0.3, 0.4) is 0 Å². The maximum atomic E-state index is 9.47. The van der Waals surface area contributed by atoms with Gasteiger partial charge in [0.15, 0.2) is 0 Å². The number of hydrogen-bond acceptors (Lipinski definition) is 2. The Morgan fingerprint density at radius 3 is 2.27 bits per heavy atom. The molecule has 11 heavy (non-hydrogen) atoms. The largest absolute Gasteiger partial charge is 0.392 e. The molecule has 0 spiro atoms. The van der Waals surface area contributed by atoms with E-state index in [1.165, 1.54) is 0 Å².